The molecule has 0 radical (unpaired) electrons. The summed E-state index contributed by atoms with van der Waals surface area (Å²) < 4.78 is 0. The summed E-state index contributed by atoms with van der Waals surface area (Å²) in [5.74, 6) is -1.54. The number of hydroxylamine groups is 1. The Morgan fingerprint density at radius 1 is 1.30 bits per heavy atom. The standard InChI is InChI=1S/C13H20N4O3/c1-17(10-6-3-2-4-7-10)9-5-8-15-12(18)11(14)13(19)16-20/h2-4,6-7,11,20H,5,8-9,14H2,1H3,(H,15,18)(H,16,19). The highest BCUT2D eigenvalue weighted by Crippen LogP contribution is 2.10. The van der Waals surface area contributed by atoms with E-state index in [1.165, 1.54) is 5.48 Å². The second-order valence-corrected chi connectivity index (χ2v) is 4.36. The van der Waals surface area contributed by atoms with Crippen LogP contribution in [0.25, 0.3) is 0 Å². The third-order valence-corrected chi connectivity index (χ3v) is 2.84. The molecule has 2 amide bonds. The van der Waals surface area contributed by atoms with Gasteiger partial charge in [0.1, 0.15) is 0 Å². The number of amides is 2. The molecular weight excluding hydrogens is 260 g/mol. The Balaban J connectivity index is 2.25. The molecule has 0 saturated heterocycles. The zero-order valence-electron chi connectivity index (χ0n) is 11.4. The van der Waals surface area contributed by atoms with Gasteiger partial charge in [-0.3, -0.25) is 14.8 Å². The van der Waals surface area contributed by atoms with Gasteiger partial charge < -0.3 is 16.0 Å². The summed E-state index contributed by atoms with van der Waals surface area (Å²) in [7, 11) is 1.96. The number of nitrogens with one attached hydrogen (secondary N) is 2. The Labute approximate surface area is 117 Å². The molecule has 20 heavy (non-hydrogen) atoms. The largest absolute Gasteiger partial charge is 0.375 e. The zero-order chi connectivity index (χ0) is 15.0. The SMILES string of the molecule is CN(CCCNC(=O)C(N)C(=O)NO)c1ccccc1. The van der Waals surface area contributed by atoms with Crippen molar-refractivity contribution in [2.45, 2.75) is 12.5 Å². The predicted octanol–water partition coefficient (Wildman–Crippen LogP) is -0.538. The van der Waals surface area contributed by atoms with Gasteiger partial charge in [-0.25, -0.2) is 5.48 Å². The summed E-state index contributed by atoms with van der Waals surface area (Å²) in [4.78, 5) is 24.4. The third-order valence-electron chi connectivity index (χ3n) is 2.84. The second kappa shape index (κ2) is 8.13. The lowest BCUT2D eigenvalue weighted by Gasteiger charge is -2.19. The average molecular weight is 280 g/mol. The average Bonchev–Trinajstić information content (AvgIpc) is 2.50. The first-order valence-corrected chi connectivity index (χ1v) is 6.29. The smallest absolute Gasteiger partial charge is 0.269 e. The molecule has 1 unspecified atom stereocenters. The van der Waals surface area contributed by atoms with Gasteiger partial charge in [0, 0.05) is 25.8 Å². The van der Waals surface area contributed by atoms with Crippen LogP contribution >= 0.6 is 0 Å². The van der Waals surface area contributed by atoms with E-state index in [0.29, 0.717) is 13.0 Å². The molecule has 0 aromatic heterocycles. The molecule has 0 saturated carbocycles. The minimum absolute atomic E-state index is 0.405. The van der Waals surface area contributed by atoms with E-state index in [-0.39, 0.29) is 0 Å². The van der Waals surface area contributed by atoms with Gasteiger partial charge in [0.25, 0.3) is 5.91 Å². The Bertz CT molecular complexity index is 439. The molecule has 0 aliphatic carbocycles. The van der Waals surface area contributed by atoms with Crippen LogP contribution in [0.1, 0.15) is 6.42 Å². The fourth-order valence-corrected chi connectivity index (χ4v) is 1.64. The molecule has 0 heterocycles. The lowest BCUT2D eigenvalue weighted by molar-refractivity contribution is -0.136. The highest BCUT2D eigenvalue weighted by molar-refractivity contribution is 6.03. The molecular formula is C13H20N4O3. The van der Waals surface area contributed by atoms with Crippen molar-refractivity contribution in [3.8, 4) is 0 Å². The Hall–Kier alpha value is -2.12. The third kappa shape index (κ3) is 4.87. The van der Waals surface area contributed by atoms with Crippen LogP contribution in [0, 0.1) is 0 Å². The highest BCUT2D eigenvalue weighted by Gasteiger charge is 2.20. The van der Waals surface area contributed by atoms with Crippen LogP contribution in [-0.2, 0) is 9.59 Å². The summed E-state index contributed by atoms with van der Waals surface area (Å²) >= 11 is 0. The molecule has 110 valence electrons. The minimum atomic E-state index is -1.40. The normalized spacial score (nSPS) is 11.6. The van der Waals surface area contributed by atoms with Crippen LogP contribution in [0.15, 0.2) is 30.3 Å². The van der Waals surface area contributed by atoms with Crippen LogP contribution in [0.3, 0.4) is 0 Å². The summed E-state index contributed by atoms with van der Waals surface area (Å²) in [6.45, 7) is 1.16. The Kier molecular flexibility index (Phi) is 6.48. The van der Waals surface area contributed by atoms with Gasteiger partial charge in [0.15, 0.2) is 6.04 Å². The molecule has 0 aliphatic heterocycles. The van der Waals surface area contributed by atoms with E-state index in [0.717, 1.165) is 12.2 Å². The number of anilines is 1. The molecule has 1 atom stereocenters. The number of nitrogens with zero attached hydrogens (tertiary/aromatic N) is 1. The number of rotatable bonds is 7. The number of carbonyl (C=O) groups excluding carboxylic acids is 2. The summed E-state index contributed by atoms with van der Waals surface area (Å²) in [6.07, 6.45) is 0.713. The van der Waals surface area contributed by atoms with E-state index >= 15 is 0 Å². The van der Waals surface area contributed by atoms with Crippen LogP contribution in [0.5, 0.6) is 0 Å². The van der Waals surface area contributed by atoms with Crippen molar-refractivity contribution < 1.29 is 14.8 Å². The van der Waals surface area contributed by atoms with E-state index < -0.39 is 17.9 Å². The quantitative estimate of drug-likeness (QED) is 0.232. The molecule has 1 rings (SSSR count). The highest BCUT2D eigenvalue weighted by atomic mass is 16.5. The first-order valence-electron chi connectivity index (χ1n) is 6.29. The maximum atomic E-state index is 11.4. The summed E-state index contributed by atoms with van der Waals surface area (Å²) in [5.41, 5.74) is 7.75. The van der Waals surface area contributed by atoms with Gasteiger partial charge >= 0.3 is 0 Å². The van der Waals surface area contributed by atoms with Gasteiger partial charge in [-0.05, 0) is 18.6 Å². The molecule has 7 nitrogen and oxygen atoms in total. The van der Waals surface area contributed by atoms with E-state index in [1.807, 2.05) is 37.4 Å². The van der Waals surface area contributed by atoms with E-state index in [1.54, 1.807) is 0 Å². The first kappa shape index (κ1) is 15.9. The number of nitrogens with two attached hydrogens (primary N) is 1. The van der Waals surface area contributed by atoms with E-state index in [2.05, 4.69) is 10.2 Å². The van der Waals surface area contributed by atoms with Crippen molar-refractivity contribution in [1.82, 2.24) is 10.8 Å². The lowest BCUT2D eigenvalue weighted by atomic mass is 10.2. The van der Waals surface area contributed by atoms with Crippen molar-refractivity contribution in [2.75, 3.05) is 25.0 Å². The van der Waals surface area contributed by atoms with Crippen molar-refractivity contribution in [2.24, 2.45) is 5.73 Å². The predicted molar refractivity (Wildman–Crippen MR) is 75.2 cm³/mol. The fourth-order valence-electron chi connectivity index (χ4n) is 1.64. The maximum Gasteiger partial charge on any atom is 0.269 e. The van der Waals surface area contributed by atoms with Gasteiger partial charge in [0.2, 0.25) is 5.91 Å². The molecule has 0 fully saturated rings. The number of para-hydroxylation sites is 1. The van der Waals surface area contributed by atoms with Gasteiger partial charge in [-0.2, -0.15) is 0 Å². The second-order valence-electron chi connectivity index (χ2n) is 4.36. The van der Waals surface area contributed by atoms with Crippen LogP contribution in [-0.4, -0.2) is 43.2 Å². The van der Waals surface area contributed by atoms with Gasteiger partial charge in [0.05, 0.1) is 0 Å². The molecule has 5 N–H and O–H groups in total. The van der Waals surface area contributed by atoms with Crippen molar-refractivity contribution in [3.63, 3.8) is 0 Å². The number of hydrogen-bond acceptors (Lipinski definition) is 5. The van der Waals surface area contributed by atoms with Crippen LogP contribution in [0.2, 0.25) is 0 Å². The first-order chi connectivity index (χ1) is 9.56. The number of benzene rings is 1. The fraction of sp³-hybridized carbons (Fsp3) is 0.385. The van der Waals surface area contributed by atoms with Crippen molar-refractivity contribution in [1.29, 1.82) is 0 Å². The van der Waals surface area contributed by atoms with Crippen LogP contribution < -0.4 is 21.4 Å². The number of hydrogen-bond donors (Lipinski definition) is 4. The Morgan fingerprint density at radius 2 is 1.95 bits per heavy atom. The van der Waals surface area contributed by atoms with E-state index in [9.17, 15) is 9.59 Å². The topological polar surface area (TPSA) is 108 Å². The summed E-state index contributed by atoms with van der Waals surface area (Å²) in [6, 6.07) is 8.47. The molecule has 0 aliphatic rings. The van der Waals surface area contributed by atoms with Gasteiger partial charge in [-0.15, -0.1) is 0 Å². The number of carbonyl (C=O) groups is 2. The molecule has 1 aromatic carbocycles. The van der Waals surface area contributed by atoms with Crippen LogP contribution in [0.4, 0.5) is 5.69 Å². The molecule has 7 heteroatoms. The van der Waals surface area contributed by atoms with Crippen molar-refractivity contribution >= 4 is 17.5 Å². The van der Waals surface area contributed by atoms with E-state index in [4.69, 9.17) is 10.9 Å². The lowest BCUT2D eigenvalue weighted by Crippen LogP contribution is -2.50. The molecule has 0 spiro atoms. The maximum absolute atomic E-state index is 11.4. The summed E-state index contributed by atoms with van der Waals surface area (Å²) in [5, 5.41) is 10.9. The van der Waals surface area contributed by atoms with Gasteiger partial charge in [-0.1, -0.05) is 18.2 Å². The zero-order valence-corrected chi connectivity index (χ0v) is 11.4. The minimum Gasteiger partial charge on any atom is -0.375 e. The molecule has 1 aromatic rings. The van der Waals surface area contributed by atoms with Crippen molar-refractivity contribution in [3.05, 3.63) is 30.3 Å². The molecule has 0 bridgehead atoms. The Morgan fingerprint density at radius 3 is 2.55 bits per heavy atom. The monoisotopic (exact) mass is 280 g/mol.